The van der Waals surface area contributed by atoms with Crippen LogP contribution in [0.3, 0.4) is 0 Å². The van der Waals surface area contributed by atoms with E-state index in [0.717, 1.165) is 17.1 Å². The van der Waals surface area contributed by atoms with Crippen LogP contribution in [0.25, 0.3) is 0 Å². The zero-order valence-electron chi connectivity index (χ0n) is 8.42. The third-order valence-electron chi connectivity index (χ3n) is 1.95. The van der Waals surface area contributed by atoms with Crippen LogP contribution in [0.15, 0.2) is 6.20 Å². The maximum Gasteiger partial charge on any atom is 0.0955 e. The molecule has 1 heterocycles. The van der Waals surface area contributed by atoms with Gasteiger partial charge in [-0.3, -0.25) is 9.97 Å². The van der Waals surface area contributed by atoms with Crippen LogP contribution in [0.1, 0.15) is 30.9 Å². The number of rotatable bonds is 1. The van der Waals surface area contributed by atoms with E-state index in [1.54, 1.807) is 6.20 Å². The van der Waals surface area contributed by atoms with Crippen molar-refractivity contribution in [3.63, 3.8) is 0 Å². The molecule has 1 rings (SSSR count). The highest BCUT2D eigenvalue weighted by molar-refractivity contribution is 5.27. The Kier molecular flexibility index (Phi) is 2.33. The van der Waals surface area contributed by atoms with E-state index in [0.29, 0.717) is 0 Å². The van der Waals surface area contributed by atoms with Gasteiger partial charge in [0.1, 0.15) is 0 Å². The third-order valence-corrected chi connectivity index (χ3v) is 1.95. The molecule has 0 atom stereocenters. The topological polar surface area (TPSA) is 49.6 Å². The van der Waals surface area contributed by atoms with E-state index in [2.05, 4.69) is 16.0 Å². The molecule has 0 saturated carbocycles. The monoisotopic (exact) mass is 175 g/mol. The fourth-order valence-electron chi connectivity index (χ4n) is 1.18. The molecule has 0 aliphatic carbocycles. The van der Waals surface area contributed by atoms with Gasteiger partial charge in [-0.25, -0.2) is 0 Å². The Morgan fingerprint density at radius 3 is 2.54 bits per heavy atom. The highest BCUT2D eigenvalue weighted by atomic mass is 14.8. The lowest BCUT2D eigenvalue weighted by Gasteiger charge is -2.16. The number of hydrogen-bond donors (Lipinski definition) is 0. The Bertz CT molecular complexity index is 361. The number of nitrogens with zero attached hydrogens (tertiary/aromatic N) is 3. The summed E-state index contributed by atoms with van der Waals surface area (Å²) in [6.07, 6.45) is 1.71. The van der Waals surface area contributed by atoms with E-state index in [9.17, 15) is 0 Å². The molecule has 68 valence electrons. The molecule has 0 aliphatic rings. The summed E-state index contributed by atoms with van der Waals surface area (Å²) in [5, 5.41) is 8.95. The number of aryl methyl sites for hydroxylation is 2. The Labute approximate surface area is 78.5 Å². The second-order valence-corrected chi connectivity index (χ2v) is 3.68. The van der Waals surface area contributed by atoms with Gasteiger partial charge >= 0.3 is 0 Å². The van der Waals surface area contributed by atoms with E-state index in [4.69, 9.17) is 5.26 Å². The Balaban J connectivity index is 3.30. The first-order valence-corrected chi connectivity index (χ1v) is 4.19. The molecule has 0 unspecified atom stereocenters. The Morgan fingerprint density at radius 2 is 2.00 bits per heavy atom. The van der Waals surface area contributed by atoms with Crippen LogP contribution in [0.5, 0.6) is 0 Å². The van der Waals surface area contributed by atoms with E-state index < -0.39 is 5.41 Å². The summed E-state index contributed by atoms with van der Waals surface area (Å²) in [7, 11) is 0. The minimum atomic E-state index is -0.552. The van der Waals surface area contributed by atoms with Crippen LogP contribution >= 0.6 is 0 Å². The van der Waals surface area contributed by atoms with E-state index in [1.807, 2.05) is 27.7 Å². The predicted octanol–water partition coefficient (Wildman–Crippen LogP) is 1.89. The van der Waals surface area contributed by atoms with Crippen molar-refractivity contribution in [2.24, 2.45) is 0 Å². The maximum atomic E-state index is 8.95. The number of hydrogen-bond acceptors (Lipinski definition) is 3. The standard InChI is InChI=1S/C10H13N3/c1-7-5-12-8(2)9(13-7)10(3,4)6-11/h5H,1-4H3. The molecular weight excluding hydrogens is 162 g/mol. The minimum Gasteiger partial charge on any atom is -0.258 e. The second-order valence-electron chi connectivity index (χ2n) is 3.68. The highest BCUT2D eigenvalue weighted by Crippen LogP contribution is 2.22. The van der Waals surface area contributed by atoms with Gasteiger partial charge in [0.2, 0.25) is 0 Å². The molecule has 0 aliphatic heterocycles. The SMILES string of the molecule is Cc1cnc(C)c(C(C)(C)C#N)n1. The summed E-state index contributed by atoms with van der Waals surface area (Å²) in [6.45, 7) is 7.46. The van der Waals surface area contributed by atoms with Crippen molar-refractivity contribution in [3.8, 4) is 6.07 Å². The zero-order chi connectivity index (χ0) is 10.1. The van der Waals surface area contributed by atoms with Crippen LogP contribution in [0, 0.1) is 25.2 Å². The van der Waals surface area contributed by atoms with E-state index >= 15 is 0 Å². The summed E-state index contributed by atoms with van der Waals surface area (Å²) in [6, 6.07) is 2.22. The van der Waals surface area contributed by atoms with Gasteiger partial charge in [0.15, 0.2) is 0 Å². The van der Waals surface area contributed by atoms with Gasteiger partial charge in [-0.15, -0.1) is 0 Å². The summed E-state index contributed by atoms with van der Waals surface area (Å²) >= 11 is 0. The lowest BCUT2D eigenvalue weighted by atomic mass is 9.90. The van der Waals surface area contributed by atoms with Crippen molar-refractivity contribution in [1.82, 2.24) is 9.97 Å². The molecule has 3 heteroatoms. The van der Waals surface area contributed by atoms with Gasteiger partial charge in [0.05, 0.1) is 28.6 Å². The van der Waals surface area contributed by atoms with E-state index in [1.165, 1.54) is 0 Å². The quantitative estimate of drug-likeness (QED) is 0.655. The van der Waals surface area contributed by atoms with Gasteiger partial charge in [-0.2, -0.15) is 5.26 Å². The molecule has 0 amide bonds. The molecule has 1 aromatic heterocycles. The molecule has 0 N–H and O–H groups in total. The first-order chi connectivity index (χ1) is 5.97. The number of nitriles is 1. The lowest BCUT2D eigenvalue weighted by Crippen LogP contribution is -2.19. The Morgan fingerprint density at radius 1 is 1.38 bits per heavy atom. The van der Waals surface area contributed by atoms with Crippen LogP contribution < -0.4 is 0 Å². The van der Waals surface area contributed by atoms with Crippen molar-refractivity contribution >= 4 is 0 Å². The average molecular weight is 175 g/mol. The molecule has 0 fully saturated rings. The Hall–Kier alpha value is -1.43. The third kappa shape index (κ3) is 1.83. The zero-order valence-corrected chi connectivity index (χ0v) is 8.42. The molecule has 3 nitrogen and oxygen atoms in total. The van der Waals surface area contributed by atoms with E-state index in [-0.39, 0.29) is 0 Å². The van der Waals surface area contributed by atoms with Crippen molar-refractivity contribution in [3.05, 3.63) is 23.3 Å². The molecule has 13 heavy (non-hydrogen) atoms. The van der Waals surface area contributed by atoms with Crippen LogP contribution in [0.4, 0.5) is 0 Å². The van der Waals surface area contributed by atoms with Crippen molar-refractivity contribution in [1.29, 1.82) is 5.26 Å². The first kappa shape index (κ1) is 9.66. The highest BCUT2D eigenvalue weighted by Gasteiger charge is 2.24. The van der Waals surface area contributed by atoms with Crippen LogP contribution in [-0.2, 0) is 5.41 Å². The fraction of sp³-hybridized carbons (Fsp3) is 0.500. The number of aromatic nitrogens is 2. The van der Waals surface area contributed by atoms with Crippen LogP contribution in [0.2, 0.25) is 0 Å². The summed E-state index contributed by atoms with van der Waals surface area (Å²) < 4.78 is 0. The molecule has 1 aromatic rings. The van der Waals surface area contributed by atoms with Crippen molar-refractivity contribution in [2.45, 2.75) is 33.1 Å². The maximum absolute atomic E-state index is 8.95. The average Bonchev–Trinajstić information content (AvgIpc) is 2.09. The largest absolute Gasteiger partial charge is 0.258 e. The summed E-state index contributed by atoms with van der Waals surface area (Å²) in [5.74, 6) is 0. The van der Waals surface area contributed by atoms with Gasteiger partial charge < -0.3 is 0 Å². The molecule has 0 spiro atoms. The van der Waals surface area contributed by atoms with Crippen molar-refractivity contribution < 1.29 is 0 Å². The normalized spacial score (nSPS) is 11.0. The van der Waals surface area contributed by atoms with Gasteiger partial charge in [-0.1, -0.05) is 0 Å². The van der Waals surface area contributed by atoms with Crippen LogP contribution in [-0.4, -0.2) is 9.97 Å². The van der Waals surface area contributed by atoms with Gasteiger partial charge in [-0.05, 0) is 27.7 Å². The van der Waals surface area contributed by atoms with Gasteiger partial charge in [0.25, 0.3) is 0 Å². The first-order valence-electron chi connectivity index (χ1n) is 4.19. The van der Waals surface area contributed by atoms with Gasteiger partial charge in [0, 0.05) is 6.20 Å². The fourth-order valence-corrected chi connectivity index (χ4v) is 1.18. The molecule has 0 bridgehead atoms. The minimum absolute atomic E-state index is 0.552. The molecule has 0 aromatic carbocycles. The van der Waals surface area contributed by atoms with Crippen molar-refractivity contribution in [2.75, 3.05) is 0 Å². The predicted molar refractivity (Wildman–Crippen MR) is 50.1 cm³/mol. The lowest BCUT2D eigenvalue weighted by molar-refractivity contribution is 0.642. The second kappa shape index (κ2) is 3.14. The smallest absolute Gasteiger partial charge is 0.0955 e. The summed E-state index contributed by atoms with van der Waals surface area (Å²) in [5.41, 5.74) is 1.90. The molecular formula is C10H13N3. The molecule has 0 saturated heterocycles. The molecule has 0 radical (unpaired) electrons. The summed E-state index contributed by atoms with van der Waals surface area (Å²) in [4.78, 5) is 8.51.